The molecule has 0 spiro atoms. The monoisotopic (exact) mass is 227 g/mol. The lowest BCUT2D eigenvalue weighted by Gasteiger charge is -2.01. The zero-order valence-corrected chi connectivity index (χ0v) is 9.50. The Morgan fingerprint density at radius 3 is 2.59 bits per heavy atom. The highest BCUT2D eigenvalue weighted by Gasteiger charge is 1.99. The molecule has 2 rings (SSSR count). The summed E-state index contributed by atoms with van der Waals surface area (Å²) in [6, 6.07) is 11.3. The molecule has 1 aromatic heterocycles. The number of rotatable bonds is 2. The van der Waals surface area contributed by atoms with Crippen LogP contribution in [0.3, 0.4) is 0 Å². The standard InChI is InChI=1S/C13H13N3O/c1-16-12(17)9-11(15-13(16)14)8-7-10-5-3-2-4-6-10/h2-9H,1H3,(H2,14,15). The molecule has 0 amide bonds. The molecule has 0 saturated carbocycles. The lowest BCUT2D eigenvalue weighted by atomic mass is 10.2. The first-order valence-corrected chi connectivity index (χ1v) is 5.23. The van der Waals surface area contributed by atoms with Gasteiger partial charge in [0.15, 0.2) is 0 Å². The summed E-state index contributed by atoms with van der Waals surface area (Å²) in [6.07, 6.45) is 3.66. The lowest BCUT2D eigenvalue weighted by Crippen LogP contribution is -2.20. The van der Waals surface area contributed by atoms with Gasteiger partial charge in [0, 0.05) is 13.1 Å². The van der Waals surface area contributed by atoms with E-state index in [2.05, 4.69) is 4.98 Å². The van der Waals surface area contributed by atoms with Crippen LogP contribution in [0.4, 0.5) is 5.95 Å². The van der Waals surface area contributed by atoms with E-state index in [1.54, 1.807) is 13.1 Å². The summed E-state index contributed by atoms with van der Waals surface area (Å²) >= 11 is 0. The van der Waals surface area contributed by atoms with Gasteiger partial charge < -0.3 is 5.73 Å². The number of nitrogen functional groups attached to an aromatic ring is 1. The van der Waals surface area contributed by atoms with E-state index in [0.717, 1.165) is 5.56 Å². The van der Waals surface area contributed by atoms with Crippen molar-refractivity contribution in [3.63, 3.8) is 0 Å². The second-order valence-corrected chi connectivity index (χ2v) is 3.68. The number of nitrogens with two attached hydrogens (primary N) is 1. The molecule has 2 N–H and O–H groups in total. The number of benzene rings is 1. The van der Waals surface area contributed by atoms with Crippen molar-refractivity contribution < 1.29 is 0 Å². The Hall–Kier alpha value is -2.36. The zero-order chi connectivity index (χ0) is 12.3. The predicted molar refractivity (Wildman–Crippen MR) is 69.3 cm³/mol. The first kappa shape index (κ1) is 11.1. The smallest absolute Gasteiger partial charge is 0.255 e. The van der Waals surface area contributed by atoms with Gasteiger partial charge in [0.25, 0.3) is 5.56 Å². The molecule has 0 saturated heterocycles. The topological polar surface area (TPSA) is 60.9 Å². The SMILES string of the molecule is Cn1c(N)nc(C=Cc2ccccc2)cc1=O. The molecule has 0 radical (unpaired) electrons. The Bertz CT molecular complexity index is 600. The molecule has 2 aromatic rings. The summed E-state index contributed by atoms with van der Waals surface area (Å²) in [5.74, 6) is 0.213. The number of hydrogen-bond donors (Lipinski definition) is 1. The van der Waals surface area contributed by atoms with Gasteiger partial charge in [0.1, 0.15) is 0 Å². The van der Waals surface area contributed by atoms with Gasteiger partial charge in [-0.1, -0.05) is 36.4 Å². The third-order valence-corrected chi connectivity index (χ3v) is 2.44. The van der Waals surface area contributed by atoms with Gasteiger partial charge in [0.05, 0.1) is 5.69 Å². The van der Waals surface area contributed by atoms with Crippen LogP contribution in [0.2, 0.25) is 0 Å². The molecule has 4 nitrogen and oxygen atoms in total. The largest absolute Gasteiger partial charge is 0.369 e. The highest BCUT2D eigenvalue weighted by molar-refractivity contribution is 5.68. The van der Waals surface area contributed by atoms with Crippen LogP contribution in [-0.2, 0) is 7.05 Å². The summed E-state index contributed by atoms with van der Waals surface area (Å²) in [7, 11) is 1.59. The fourth-order valence-corrected chi connectivity index (χ4v) is 1.41. The molecule has 0 aliphatic carbocycles. The third-order valence-electron chi connectivity index (χ3n) is 2.44. The van der Waals surface area contributed by atoms with Gasteiger partial charge in [-0.05, 0) is 11.6 Å². The van der Waals surface area contributed by atoms with E-state index in [0.29, 0.717) is 5.69 Å². The molecule has 0 aliphatic heterocycles. The van der Waals surface area contributed by atoms with Gasteiger partial charge in [-0.25, -0.2) is 4.98 Å². The molecule has 0 fully saturated rings. The van der Waals surface area contributed by atoms with Crippen molar-refractivity contribution in [1.82, 2.24) is 9.55 Å². The molecule has 1 aromatic carbocycles. The molecule has 17 heavy (non-hydrogen) atoms. The lowest BCUT2D eigenvalue weighted by molar-refractivity contribution is 0.840. The van der Waals surface area contributed by atoms with Gasteiger partial charge in [0.2, 0.25) is 5.95 Å². The summed E-state index contributed by atoms with van der Waals surface area (Å²) in [5, 5.41) is 0. The van der Waals surface area contributed by atoms with Crippen molar-refractivity contribution in [2.24, 2.45) is 7.05 Å². The number of nitrogens with zero attached hydrogens (tertiary/aromatic N) is 2. The summed E-state index contributed by atoms with van der Waals surface area (Å²) in [6.45, 7) is 0. The van der Waals surface area contributed by atoms with Gasteiger partial charge in [-0.3, -0.25) is 9.36 Å². The van der Waals surface area contributed by atoms with Crippen LogP contribution >= 0.6 is 0 Å². The van der Waals surface area contributed by atoms with Gasteiger partial charge in [-0.2, -0.15) is 0 Å². The van der Waals surface area contributed by atoms with Crippen LogP contribution in [0, 0.1) is 0 Å². The van der Waals surface area contributed by atoms with Crippen molar-refractivity contribution >= 4 is 18.1 Å². The minimum Gasteiger partial charge on any atom is -0.369 e. The number of anilines is 1. The normalized spacial score (nSPS) is 10.9. The maximum Gasteiger partial charge on any atom is 0.255 e. The second kappa shape index (κ2) is 4.65. The average molecular weight is 227 g/mol. The van der Waals surface area contributed by atoms with E-state index in [9.17, 15) is 4.79 Å². The Morgan fingerprint density at radius 2 is 1.94 bits per heavy atom. The highest BCUT2D eigenvalue weighted by Crippen LogP contribution is 2.05. The average Bonchev–Trinajstić information content (AvgIpc) is 2.34. The molecule has 0 unspecified atom stereocenters. The Balaban J connectivity index is 2.31. The molecular weight excluding hydrogens is 214 g/mol. The minimum absolute atomic E-state index is 0.162. The van der Waals surface area contributed by atoms with Crippen molar-refractivity contribution in [2.45, 2.75) is 0 Å². The van der Waals surface area contributed by atoms with E-state index >= 15 is 0 Å². The van der Waals surface area contributed by atoms with E-state index < -0.39 is 0 Å². The van der Waals surface area contributed by atoms with Crippen LogP contribution in [0.15, 0.2) is 41.2 Å². The highest BCUT2D eigenvalue weighted by atomic mass is 16.1. The van der Waals surface area contributed by atoms with Crippen LogP contribution in [0.5, 0.6) is 0 Å². The van der Waals surface area contributed by atoms with Crippen molar-refractivity contribution in [3.05, 3.63) is 58.0 Å². The molecule has 4 heteroatoms. The summed E-state index contributed by atoms with van der Waals surface area (Å²) < 4.78 is 1.31. The van der Waals surface area contributed by atoms with Crippen molar-refractivity contribution in [1.29, 1.82) is 0 Å². The maximum atomic E-state index is 11.5. The van der Waals surface area contributed by atoms with Gasteiger partial charge >= 0.3 is 0 Å². The van der Waals surface area contributed by atoms with Crippen LogP contribution in [0.1, 0.15) is 11.3 Å². The molecule has 0 aliphatic rings. The fraction of sp³-hybridized carbons (Fsp3) is 0.0769. The predicted octanol–water partition coefficient (Wildman–Crippen LogP) is 1.53. The minimum atomic E-state index is -0.162. The quantitative estimate of drug-likeness (QED) is 0.846. The first-order valence-electron chi connectivity index (χ1n) is 5.23. The number of aromatic nitrogens is 2. The molecule has 0 bridgehead atoms. The summed E-state index contributed by atoms with van der Waals surface area (Å²) in [5.41, 5.74) is 7.06. The van der Waals surface area contributed by atoms with Crippen LogP contribution < -0.4 is 11.3 Å². The molecule has 86 valence electrons. The Morgan fingerprint density at radius 1 is 1.24 bits per heavy atom. The van der Waals surface area contributed by atoms with Crippen LogP contribution in [-0.4, -0.2) is 9.55 Å². The van der Waals surface area contributed by atoms with E-state index in [1.165, 1.54) is 10.6 Å². The molecular formula is C13H13N3O. The Kier molecular flexibility index (Phi) is 3.05. The van der Waals surface area contributed by atoms with E-state index in [4.69, 9.17) is 5.73 Å². The van der Waals surface area contributed by atoms with E-state index in [-0.39, 0.29) is 11.5 Å². The van der Waals surface area contributed by atoms with Crippen molar-refractivity contribution in [2.75, 3.05) is 5.73 Å². The zero-order valence-electron chi connectivity index (χ0n) is 9.50. The summed E-state index contributed by atoms with van der Waals surface area (Å²) in [4.78, 5) is 15.6. The fourth-order valence-electron chi connectivity index (χ4n) is 1.41. The first-order chi connectivity index (χ1) is 8.16. The third kappa shape index (κ3) is 2.60. The van der Waals surface area contributed by atoms with E-state index in [1.807, 2.05) is 36.4 Å². The second-order valence-electron chi connectivity index (χ2n) is 3.68. The maximum absolute atomic E-state index is 11.5. The van der Waals surface area contributed by atoms with Crippen molar-refractivity contribution in [3.8, 4) is 0 Å². The molecule has 1 heterocycles. The Labute approximate surface area is 99.0 Å². The number of hydrogen-bond acceptors (Lipinski definition) is 3. The van der Waals surface area contributed by atoms with Crippen LogP contribution in [0.25, 0.3) is 12.2 Å². The van der Waals surface area contributed by atoms with Gasteiger partial charge in [-0.15, -0.1) is 0 Å². The molecule has 0 atom stereocenters.